The summed E-state index contributed by atoms with van der Waals surface area (Å²) in [6.45, 7) is 0. The van der Waals surface area contributed by atoms with Gasteiger partial charge in [-0.1, -0.05) is 0 Å². The van der Waals surface area contributed by atoms with Gasteiger partial charge in [-0.05, 0) is 5.41 Å². The average molecular weight is 147 g/mol. The molecule has 0 saturated heterocycles. The van der Waals surface area contributed by atoms with Gasteiger partial charge in [-0.3, -0.25) is 0 Å². The standard InChI is InChI=1S/C5H9NO2S/c1-6(2)4(3-9)5(7)8/h3,9H,1-2H3,(H,7,8)/b4-3-. The first-order valence-corrected chi connectivity index (χ1v) is 2.86. The number of carbonyl (C=O) groups is 1. The lowest BCUT2D eigenvalue weighted by molar-refractivity contribution is -0.134. The Bertz CT molecular complexity index is 142. The predicted molar refractivity (Wildman–Crippen MR) is 38.4 cm³/mol. The molecule has 3 nitrogen and oxygen atoms in total. The summed E-state index contributed by atoms with van der Waals surface area (Å²) in [7, 11) is 3.30. The Labute approximate surface area is 59.4 Å². The number of likely N-dealkylation sites (N-methyl/N-ethyl adjacent to an activating group) is 1. The fourth-order valence-electron chi connectivity index (χ4n) is 0.362. The van der Waals surface area contributed by atoms with Gasteiger partial charge in [0, 0.05) is 14.1 Å². The van der Waals surface area contributed by atoms with Gasteiger partial charge in [-0.2, -0.15) is 0 Å². The first kappa shape index (κ1) is 8.36. The molecule has 0 aromatic carbocycles. The molecule has 4 heteroatoms. The first-order valence-electron chi connectivity index (χ1n) is 2.34. The minimum atomic E-state index is -0.963. The van der Waals surface area contributed by atoms with Crippen LogP contribution in [0.3, 0.4) is 0 Å². The van der Waals surface area contributed by atoms with Gasteiger partial charge in [0.15, 0.2) is 0 Å². The van der Waals surface area contributed by atoms with Crippen molar-refractivity contribution in [3.8, 4) is 0 Å². The summed E-state index contributed by atoms with van der Waals surface area (Å²) >= 11 is 3.71. The lowest BCUT2D eigenvalue weighted by atomic mass is 10.5. The van der Waals surface area contributed by atoms with E-state index in [1.54, 1.807) is 14.1 Å². The van der Waals surface area contributed by atoms with Crippen molar-refractivity contribution in [1.82, 2.24) is 4.90 Å². The molecule has 0 aliphatic heterocycles. The lowest BCUT2D eigenvalue weighted by Crippen LogP contribution is -2.17. The smallest absolute Gasteiger partial charge is 0.352 e. The predicted octanol–water partition coefficient (Wildman–Crippen LogP) is 0.404. The van der Waals surface area contributed by atoms with E-state index in [4.69, 9.17) is 5.11 Å². The van der Waals surface area contributed by atoms with Crippen LogP contribution in [-0.2, 0) is 4.79 Å². The van der Waals surface area contributed by atoms with Crippen LogP contribution in [0, 0.1) is 0 Å². The van der Waals surface area contributed by atoms with Crippen molar-refractivity contribution < 1.29 is 9.90 Å². The van der Waals surface area contributed by atoms with Crippen LogP contribution in [0.4, 0.5) is 0 Å². The molecule has 0 aromatic rings. The summed E-state index contributed by atoms with van der Waals surface area (Å²) < 4.78 is 0. The number of thiol groups is 1. The Morgan fingerprint density at radius 2 is 2.11 bits per heavy atom. The van der Waals surface area contributed by atoms with Crippen LogP contribution in [0.25, 0.3) is 0 Å². The van der Waals surface area contributed by atoms with Crippen molar-refractivity contribution >= 4 is 18.6 Å². The number of aliphatic carboxylic acids is 1. The van der Waals surface area contributed by atoms with E-state index in [-0.39, 0.29) is 5.70 Å². The van der Waals surface area contributed by atoms with Crippen LogP contribution in [0.2, 0.25) is 0 Å². The molecule has 52 valence electrons. The monoisotopic (exact) mass is 147 g/mol. The molecule has 0 aliphatic rings. The van der Waals surface area contributed by atoms with E-state index in [9.17, 15) is 4.79 Å². The Balaban J connectivity index is 4.19. The van der Waals surface area contributed by atoms with Gasteiger partial charge >= 0.3 is 5.97 Å². The van der Waals surface area contributed by atoms with Gasteiger partial charge in [-0.25, -0.2) is 4.79 Å². The highest BCUT2D eigenvalue weighted by Crippen LogP contribution is 1.98. The van der Waals surface area contributed by atoms with E-state index in [0.29, 0.717) is 0 Å². The summed E-state index contributed by atoms with van der Waals surface area (Å²) in [5, 5.41) is 9.64. The van der Waals surface area contributed by atoms with Crippen molar-refractivity contribution in [2.45, 2.75) is 0 Å². The molecule has 0 unspecified atom stereocenters. The molecule has 0 fully saturated rings. The lowest BCUT2D eigenvalue weighted by Gasteiger charge is -2.10. The Kier molecular flexibility index (Phi) is 3.16. The van der Waals surface area contributed by atoms with Gasteiger partial charge in [0.2, 0.25) is 0 Å². The summed E-state index contributed by atoms with van der Waals surface area (Å²) in [5.74, 6) is -0.963. The van der Waals surface area contributed by atoms with Crippen LogP contribution in [-0.4, -0.2) is 30.1 Å². The zero-order chi connectivity index (χ0) is 7.44. The quantitative estimate of drug-likeness (QED) is 0.439. The van der Waals surface area contributed by atoms with Crippen molar-refractivity contribution in [2.75, 3.05) is 14.1 Å². The molecule has 0 aromatic heterocycles. The van der Waals surface area contributed by atoms with E-state index < -0.39 is 5.97 Å². The number of carboxylic acid groups (broad SMARTS) is 1. The van der Waals surface area contributed by atoms with E-state index in [2.05, 4.69) is 12.6 Å². The normalized spacial score (nSPS) is 11.2. The average Bonchev–Trinajstić information content (AvgIpc) is 1.64. The Hall–Kier alpha value is -0.640. The SMILES string of the molecule is CN(C)/C(=C\S)C(=O)O. The molecule has 0 heterocycles. The largest absolute Gasteiger partial charge is 0.477 e. The highest BCUT2D eigenvalue weighted by atomic mass is 32.1. The number of nitrogens with zero attached hydrogens (tertiary/aromatic N) is 1. The molecule has 9 heavy (non-hydrogen) atoms. The fraction of sp³-hybridized carbons (Fsp3) is 0.400. The molecule has 0 bridgehead atoms. The van der Waals surface area contributed by atoms with Crippen LogP contribution in [0.5, 0.6) is 0 Å². The molecule has 0 rings (SSSR count). The van der Waals surface area contributed by atoms with Crippen molar-refractivity contribution in [3.63, 3.8) is 0 Å². The molecular weight excluding hydrogens is 138 g/mol. The molecule has 0 spiro atoms. The summed E-state index contributed by atoms with van der Waals surface area (Å²) in [6, 6.07) is 0. The minimum absolute atomic E-state index is 0.179. The van der Waals surface area contributed by atoms with Gasteiger partial charge in [0.1, 0.15) is 5.70 Å². The third kappa shape index (κ3) is 2.41. The van der Waals surface area contributed by atoms with Crippen molar-refractivity contribution in [1.29, 1.82) is 0 Å². The van der Waals surface area contributed by atoms with E-state index >= 15 is 0 Å². The van der Waals surface area contributed by atoms with Gasteiger partial charge < -0.3 is 10.0 Å². The maximum atomic E-state index is 10.2. The fourth-order valence-corrected chi connectivity index (χ4v) is 0.703. The molecule has 0 amide bonds. The van der Waals surface area contributed by atoms with Crippen molar-refractivity contribution in [3.05, 3.63) is 11.1 Å². The second-order valence-corrected chi connectivity index (χ2v) is 1.97. The second-order valence-electron chi connectivity index (χ2n) is 1.71. The Morgan fingerprint density at radius 3 is 2.11 bits per heavy atom. The number of hydrogen-bond acceptors (Lipinski definition) is 3. The molecule has 1 N–H and O–H groups in total. The number of hydrogen-bond donors (Lipinski definition) is 2. The third-order valence-corrected chi connectivity index (χ3v) is 1.07. The maximum absolute atomic E-state index is 10.2. The van der Waals surface area contributed by atoms with Crippen LogP contribution >= 0.6 is 12.6 Å². The van der Waals surface area contributed by atoms with Crippen LogP contribution < -0.4 is 0 Å². The molecule has 0 atom stereocenters. The highest BCUT2D eigenvalue weighted by Gasteiger charge is 2.06. The van der Waals surface area contributed by atoms with E-state index in [0.717, 1.165) is 0 Å². The number of carboxylic acids is 1. The molecule has 0 saturated carbocycles. The number of rotatable bonds is 2. The van der Waals surface area contributed by atoms with Gasteiger partial charge in [0.05, 0.1) is 0 Å². The molecule has 0 radical (unpaired) electrons. The van der Waals surface area contributed by atoms with E-state index in [1.165, 1.54) is 10.3 Å². The van der Waals surface area contributed by atoms with Crippen LogP contribution in [0.1, 0.15) is 0 Å². The molecular formula is C5H9NO2S. The summed E-state index contributed by atoms with van der Waals surface area (Å²) in [5.41, 5.74) is 0.179. The first-order chi connectivity index (χ1) is 4.09. The maximum Gasteiger partial charge on any atom is 0.352 e. The van der Waals surface area contributed by atoms with Gasteiger partial charge in [-0.15, -0.1) is 12.6 Å². The summed E-state index contributed by atoms with van der Waals surface area (Å²) in [4.78, 5) is 11.7. The Morgan fingerprint density at radius 1 is 1.67 bits per heavy atom. The minimum Gasteiger partial charge on any atom is -0.477 e. The highest BCUT2D eigenvalue weighted by molar-refractivity contribution is 7.83. The van der Waals surface area contributed by atoms with Crippen molar-refractivity contribution in [2.24, 2.45) is 0 Å². The van der Waals surface area contributed by atoms with E-state index in [1.807, 2.05) is 0 Å². The zero-order valence-electron chi connectivity index (χ0n) is 5.33. The zero-order valence-corrected chi connectivity index (χ0v) is 6.22. The summed E-state index contributed by atoms with van der Waals surface area (Å²) in [6.07, 6.45) is 0. The topological polar surface area (TPSA) is 40.5 Å². The van der Waals surface area contributed by atoms with Crippen LogP contribution in [0.15, 0.2) is 11.1 Å². The molecule has 0 aliphatic carbocycles. The second kappa shape index (κ2) is 3.40. The third-order valence-electron chi connectivity index (χ3n) is 0.823. The van der Waals surface area contributed by atoms with Gasteiger partial charge in [0.25, 0.3) is 0 Å².